The summed E-state index contributed by atoms with van der Waals surface area (Å²) in [4.78, 5) is 0. The molecule has 0 heteroatoms. The van der Waals surface area contributed by atoms with Crippen LogP contribution in [-0.4, -0.2) is 0 Å². The van der Waals surface area contributed by atoms with E-state index in [0.717, 1.165) is 6.42 Å². The summed E-state index contributed by atoms with van der Waals surface area (Å²) in [7, 11) is 0. The number of rotatable bonds is 0. The van der Waals surface area contributed by atoms with E-state index in [-0.39, 0.29) is 0 Å². The molecule has 0 saturated heterocycles. The molecule has 0 atom stereocenters. The number of allylic oxidation sites excluding steroid dienone is 2. The first-order valence-electron chi connectivity index (χ1n) is 3.89. The van der Waals surface area contributed by atoms with Gasteiger partial charge in [-0.3, -0.25) is 0 Å². The maximum Gasteiger partial charge on any atom is -0.00550 e. The van der Waals surface area contributed by atoms with Crippen LogP contribution in [0.15, 0.2) is 29.8 Å². The lowest BCUT2D eigenvalue weighted by atomic mass is 10.1. The first-order chi connectivity index (χ1) is 5.29. The van der Waals surface area contributed by atoms with E-state index in [9.17, 15) is 0 Å². The van der Waals surface area contributed by atoms with Crippen molar-refractivity contribution in [2.24, 2.45) is 0 Å². The van der Waals surface area contributed by atoms with Crippen LogP contribution >= 0.6 is 0 Å². The van der Waals surface area contributed by atoms with E-state index in [1.165, 1.54) is 22.3 Å². The van der Waals surface area contributed by atoms with Gasteiger partial charge in [-0.05, 0) is 37.0 Å². The van der Waals surface area contributed by atoms with Gasteiger partial charge in [0.15, 0.2) is 0 Å². The van der Waals surface area contributed by atoms with E-state index in [4.69, 9.17) is 0 Å². The molecule has 0 heterocycles. The first-order valence-corrected chi connectivity index (χ1v) is 3.89. The minimum Gasteiger partial charge on any atom is -0.0620 e. The molecule has 0 fully saturated rings. The van der Waals surface area contributed by atoms with E-state index in [1.807, 2.05) is 0 Å². The Bertz CT molecular complexity index is 319. The summed E-state index contributed by atoms with van der Waals surface area (Å²) in [6.07, 6.45) is 1.04. The smallest absolute Gasteiger partial charge is 0.00550 e. The summed E-state index contributed by atoms with van der Waals surface area (Å²) in [6.45, 7) is 6.16. The SMILES string of the molecule is [CH2]C1=C(C)c2ccccc2C1. The molecule has 1 aromatic rings. The van der Waals surface area contributed by atoms with Gasteiger partial charge in [0, 0.05) is 0 Å². The lowest BCUT2D eigenvalue weighted by Crippen LogP contribution is -1.80. The van der Waals surface area contributed by atoms with Crippen molar-refractivity contribution in [1.82, 2.24) is 0 Å². The second-order valence-corrected chi connectivity index (χ2v) is 3.06. The largest absolute Gasteiger partial charge is 0.0620 e. The van der Waals surface area contributed by atoms with Crippen LogP contribution in [-0.2, 0) is 6.42 Å². The normalized spacial score (nSPS) is 15.5. The van der Waals surface area contributed by atoms with Crippen molar-refractivity contribution in [3.05, 3.63) is 47.9 Å². The van der Waals surface area contributed by atoms with E-state index in [2.05, 4.69) is 38.1 Å². The van der Waals surface area contributed by atoms with Crippen molar-refractivity contribution in [1.29, 1.82) is 0 Å². The fourth-order valence-corrected chi connectivity index (χ4v) is 1.59. The molecule has 0 saturated carbocycles. The van der Waals surface area contributed by atoms with Gasteiger partial charge in [-0.15, -0.1) is 0 Å². The summed E-state index contributed by atoms with van der Waals surface area (Å²) in [5.41, 5.74) is 5.44. The van der Waals surface area contributed by atoms with Gasteiger partial charge in [0.05, 0.1) is 0 Å². The van der Waals surface area contributed by atoms with Gasteiger partial charge < -0.3 is 0 Å². The average Bonchev–Trinajstić information content (AvgIpc) is 2.30. The van der Waals surface area contributed by atoms with Crippen LogP contribution in [0.4, 0.5) is 0 Å². The molecule has 1 radical (unpaired) electrons. The predicted molar refractivity (Wildman–Crippen MR) is 48.1 cm³/mol. The van der Waals surface area contributed by atoms with Crippen molar-refractivity contribution in [3.8, 4) is 0 Å². The molecular weight excluding hydrogens is 132 g/mol. The van der Waals surface area contributed by atoms with Crippen molar-refractivity contribution in [2.75, 3.05) is 0 Å². The zero-order valence-electron chi connectivity index (χ0n) is 6.72. The van der Waals surface area contributed by atoms with Crippen molar-refractivity contribution in [2.45, 2.75) is 13.3 Å². The fourth-order valence-electron chi connectivity index (χ4n) is 1.59. The van der Waals surface area contributed by atoms with Crippen LogP contribution in [0.3, 0.4) is 0 Å². The Morgan fingerprint density at radius 3 is 2.73 bits per heavy atom. The number of hydrogen-bond acceptors (Lipinski definition) is 0. The molecule has 55 valence electrons. The molecule has 1 aliphatic rings. The number of hydrogen-bond donors (Lipinski definition) is 0. The maximum absolute atomic E-state index is 4.01. The topological polar surface area (TPSA) is 0 Å². The maximum atomic E-state index is 4.01. The van der Waals surface area contributed by atoms with Crippen molar-refractivity contribution < 1.29 is 0 Å². The Kier molecular flexibility index (Phi) is 1.35. The highest BCUT2D eigenvalue weighted by Crippen LogP contribution is 2.31. The summed E-state index contributed by atoms with van der Waals surface area (Å²) < 4.78 is 0. The molecule has 0 aromatic heterocycles. The van der Waals surface area contributed by atoms with Crippen LogP contribution in [0.25, 0.3) is 5.57 Å². The Hall–Kier alpha value is -1.04. The first kappa shape index (κ1) is 6.66. The van der Waals surface area contributed by atoms with Gasteiger partial charge in [0.2, 0.25) is 0 Å². The standard InChI is InChI=1S/C11H11/c1-8-7-10-5-3-4-6-11(10)9(8)2/h3-6H,1,7H2,2H3. The number of benzene rings is 1. The fraction of sp³-hybridized carbons (Fsp3) is 0.182. The molecule has 2 rings (SSSR count). The Morgan fingerprint density at radius 2 is 2.00 bits per heavy atom. The van der Waals surface area contributed by atoms with Crippen molar-refractivity contribution in [3.63, 3.8) is 0 Å². The zero-order chi connectivity index (χ0) is 7.84. The van der Waals surface area contributed by atoms with Gasteiger partial charge in [-0.25, -0.2) is 0 Å². The summed E-state index contributed by atoms with van der Waals surface area (Å²) in [5, 5.41) is 0. The lowest BCUT2D eigenvalue weighted by Gasteiger charge is -1.97. The minimum atomic E-state index is 1.04. The van der Waals surface area contributed by atoms with E-state index < -0.39 is 0 Å². The van der Waals surface area contributed by atoms with Crippen LogP contribution in [0.5, 0.6) is 0 Å². The predicted octanol–water partition coefficient (Wildman–Crippen LogP) is 2.85. The molecule has 0 N–H and O–H groups in total. The molecule has 0 spiro atoms. The van der Waals surface area contributed by atoms with Crippen LogP contribution in [0.2, 0.25) is 0 Å². The van der Waals surface area contributed by atoms with Gasteiger partial charge >= 0.3 is 0 Å². The molecule has 0 bridgehead atoms. The molecule has 1 aromatic carbocycles. The van der Waals surface area contributed by atoms with E-state index >= 15 is 0 Å². The third-order valence-electron chi connectivity index (χ3n) is 2.36. The zero-order valence-corrected chi connectivity index (χ0v) is 6.72. The molecule has 0 nitrogen and oxygen atoms in total. The summed E-state index contributed by atoms with van der Waals surface area (Å²) >= 11 is 0. The monoisotopic (exact) mass is 143 g/mol. The molecular formula is C11H11. The van der Waals surface area contributed by atoms with Gasteiger partial charge in [-0.2, -0.15) is 0 Å². The molecule has 0 aliphatic heterocycles. The van der Waals surface area contributed by atoms with Crippen LogP contribution < -0.4 is 0 Å². The van der Waals surface area contributed by atoms with Crippen molar-refractivity contribution >= 4 is 5.57 Å². The molecule has 0 unspecified atom stereocenters. The van der Waals surface area contributed by atoms with E-state index in [0.29, 0.717) is 0 Å². The Morgan fingerprint density at radius 1 is 1.27 bits per heavy atom. The third-order valence-corrected chi connectivity index (χ3v) is 2.36. The molecule has 0 amide bonds. The molecule has 1 aliphatic carbocycles. The highest BCUT2D eigenvalue weighted by Gasteiger charge is 2.13. The highest BCUT2D eigenvalue weighted by atomic mass is 14.2. The second kappa shape index (κ2) is 2.23. The highest BCUT2D eigenvalue weighted by molar-refractivity contribution is 5.75. The quantitative estimate of drug-likeness (QED) is 0.524. The summed E-state index contributed by atoms with van der Waals surface area (Å²) in [6, 6.07) is 8.52. The minimum absolute atomic E-state index is 1.04. The van der Waals surface area contributed by atoms with Gasteiger partial charge in [-0.1, -0.05) is 29.8 Å². The van der Waals surface area contributed by atoms with Gasteiger partial charge in [0.1, 0.15) is 0 Å². The third kappa shape index (κ3) is 0.900. The van der Waals surface area contributed by atoms with Crippen LogP contribution in [0.1, 0.15) is 18.1 Å². The Balaban J connectivity index is 2.60. The Labute approximate surface area is 67.6 Å². The molecule has 11 heavy (non-hydrogen) atoms. The second-order valence-electron chi connectivity index (χ2n) is 3.06. The van der Waals surface area contributed by atoms with E-state index in [1.54, 1.807) is 0 Å². The summed E-state index contributed by atoms with van der Waals surface area (Å²) in [5.74, 6) is 0. The lowest BCUT2D eigenvalue weighted by molar-refractivity contribution is 1.25. The van der Waals surface area contributed by atoms with Crippen LogP contribution in [0, 0.1) is 6.92 Å². The number of fused-ring (bicyclic) bond motifs is 1. The average molecular weight is 143 g/mol. The van der Waals surface area contributed by atoms with Gasteiger partial charge in [0.25, 0.3) is 0 Å².